The molecule has 0 amide bonds. The molecule has 1 aliphatic rings. The zero-order valence-electron chi connectivity index (χ0n) is 17.9. The number of hydrogen-bond donors (Lipinski definition) is 2. The van der Waals surface area contributed by atoms with Crippen molar-refractivity contribution in [2.24, 2.45) is 10.4 Å². The molecule has 1 fully saturated rings. The highest BCUT2D eigenvalue weighted by Crippen LogP contribution is 2.43. The molecule has 0 radical (unpaired) electrons. The molecule has 1 aromatic carbocycles. The quantitative estimate of drug-likeness (QED) is 0.278. The molecule has 1 aromatic heterocycles. The number of rotatable bonds is 10. The van der Waals surface area contributed by atoms with E-state index in [4.69, 9.17) is 9.47 Å². The number of benzene rings is 1. The van der Waals surface area contributed by atoms with Crippen molar-refractivity contribution >= 4 is 29.9 Å². The number of aliphatic imine (C=N–C) groups is 1. The van der Waals surface area contributed by atoms with Crippen molar-refractivity contribution in [3.05, 3.63) is 59.8 Å². The molecule has 0 aliphatic heterocycles. The summed E-state index contributed by atoms with van der Waals surface area (Å²) < 4.78 is 11.2. The van der Waals surface area contributed by atoms with E-state index in [0.29, 0.717) is 24.4 Å². The molecule has 1 aliphatic carbocycles. The van der Waals surface area contributed by atoms with Crippen LogP contribution in [0.1, 0.15) is 36.8 Å². The lowest BCUT2D eigenvalue weighted by atomic mass is 9.67. The topological polar surface area (TPSA) is 67.8 Å². The van der Waals surface area contributed by atoms with Crippen LogP contribution in [0.25, 0.3) is 0 Å². The maximum atomic E-state index is 5.95. The lowest BCUT2D eigenvalue weighted by Crippen LogP contribution is -2.46. The smallest absolute Gasteiger partial charge is 0.218 e. The predicted molar refractivity (Wildman–Crippen MR) is 131 cm³/mol. The minimum Gasteiger partial charge on any atom is -0.473 e. The van der Waals surface area contributed by atoms with Gasteiger partial charge in [0.1, 0.15) is 6.61 Å². The van der Waals surface area contributed by atoms with Crippen LogP contribution in [-0.4, -0.2) is 38.3 Å². The molecule has 0 spiro atoms. The van der Waals surface area contributed by atoms with Gasteiger partial charge in [0.05, 0.1) is 0 Å². The van der Waals surface area contributed by atoms with Crippen molar-refractivity contribution in [2.45, 2.75) is 38.8 Å². The van der Waals surface area contributed by atoms with Gasteiger partial charge >= 0.3 is 0 Å². The standard InChI is InChI=1S/C23H32N4O2.HI/c1-24-22(27-18-23(11-7-12-23)13-15-28-2)26-16-20-10-6-14-25-21(20)29-17-19-8-4-3-5-9-19;/h3-6,8-10,14H,7,11-13,15-18H2,1-2H3,(H2,24,26,27);1H. The van der Waals surface area contributed by atoms with E-state index in [0.717, 1.165) is 36.7 Å². The van der Waals surface area contributed by atoms with E-state index in [1.807, 2.05) is 42.5 Å². The number of guanidine groups is 1. The number of halogens is 1. The van der Waals surface area contributed by atoms with Crippen molar-refractivity contribution in [3.63, 3.8) is 0 Å². The summed E-state index contributed by atoms with van der Waals surface area (Å²) in [6.07, 6.45) is 6.65. The molecular weight excluding hydrogens is 491 g/mol. The predicted octanol–water partition coefficient (Wildman–Crippen LogP) is 4.15. The fraction of sp³-hybridized carbons (Fsp3) is 0.478. The highest BCUT2D eigenvalue weighted by molar-refractivity contribution is 14.0. The molecule has 0 bridgehead atoms. The number of hydrogen-bond acceptors (Lipinski definition) is 4. The summed E-state index contributed by atoms with van der Waals surface area (Å²) in [6, 6.07) is 14.1. The van der Waals surface area contributed by atoms with Crippen LogP contribution < -0.4 is 15.4 Å². The Morgan fingerprint density at radius 3 is 2.60 bits per heavy atom. The van der Waals surface area contributed by atoms with Crippen molar-refractivity contribution in [1.29, 1.82) is 0 Å². The van der Waals surface area contributed by atoms with Gasteiger partial charge in [-0.15, -0.1) is 24.0 Å². The molecule has 164 valence electrons. The van der Waals surface area contributed by atoms with Crippen LogP contribution >= 0.6 is 24.0 Å². The molecule has 30 heavy (non-hydrogen) atoms. The molecule has 3 rings (SSSR count). The van der Waals surface area contributed by atoms with E-state index in [-0.39, 0.29) is 24.0 Å². The van der Waals surface area contributed by atoms with Crippen LogP contribution in [-0.2, 0) is 17.9 Å². The molecule has 0 unspecified atom stereocenters. The highest BCUT2D eigenvalue weighted by atomic mass is 127. The Kier molecular flexibility index (Phi) is 10.4. The summed E-state index contributed by atoms with van der Waals surface area (Å²) in [7, 11) is 3.57. The van der Waals surface area contributed by atoms with E-state index in [2.05, 4.69) is 20.6 Å². The second-order valence-electron chi connectivity index (χ2n) is 7.62. The van der Waals surface area contributed by atoms with Gasteiger partial charge < -0.3 is 20.1 Å². The van der Waals surface area contributed by atoms with Gasteiger partial charge in [0.25, 0.3) is 0 Å². The third-order valence-corrected chi connectivity index (χ3v) is 5.62. The first-order chi connectivity index (χ1) is 14.2. The summed E-state index contributed by atoms with van der Waals surface area (Å²) in [5.41, 5.74) is 2.46. The Balaban J connectivity index is 0.00000320. The first-order valence-corrected chi connectivity index (χ1v) is 10.3. The third-order valence-electron chi connectivity index (χ3n) is 5.62. The van der Waals surface area contributed by atoms with Gasteiger partial charge in [0.15, 0.2) is 5.96 Å². The van der Waals surface area contributed by atoms with Crippen LogP contribution in [0.2, 0.25) is 0 Å². The molecular formula is C23H33IN4O2. The fourth-order valence-corrected chi connectivity index (χ4v) is 3.60. The number of ether oxygens (including phenoxy) is 2. The number of nitrogens with one attached hydrogen (secondary N) is 2. The summed E-state index contributed by atoms with van der Waals surface area (Å²) in [5, 5.41) is 6.88. The molecule has 2 N–H and O–H groups in total. The minimum absolute atomic E-state index is 0. The van der Waals surface area contributed by atoms with Gasteiger partial charge in [-0.25, -0.2) is 4.98 Å². The maximum absolute atomic E-state index is 5.95. The number of aromatic nitrogens is 1. The maximum Gasteiger partial charge on any atom is 0.218 e. The average molecular weight is 524 g/mol. The molecule has 1 heterocycles. The van der Waals surface area contributed by atoms with Crippen molar-refractivity contribution in [1.82, 2.24) is 15.6 Å². The van der Waals surface area contributed by atoms with Gasteiger partial charge in [-0.3, -0.25) is 4.99 Å². The first kappa shape index (κ1) is 24.4. The fourth-order valence-electron chi connectivity index (χ4n) is 3.60. The van der Waals surface area contributed by atoms with E-state index >= 15 is 0 Å². The molecule has 2 aromatic rings. The average Bonchev–Trinajstić information content (AvgIpc) is 2.74. The molecule has 7 heteroatoms. The van der Waals surface area contributed by atoms with Crippen molar-refractivity contribution < 1.29 is 9.47 Å². The van der Waals surface area contributed by atoms with Gasteiger partial charge in [-0.2, -0.15) is 0 Å². The van der Waals surface area contributed by atoms with Gasteiger partial charge in [0, 0.05) is 45.6 Å². The number of methoxy groups -OCH3 is 1. The van der Waals surface area contributed by atoms with E-state index in [9.17, 15) is 0 Å². The summed E-state index contributed by atoms with van der Waals surface area (Å²) in [5.74, 6) is 1.45. The number of pyridine rings is 1. The Morgan fingerprint density at radius 2 is 1.93 bits per heavy atom. The molecule has 6 nitrogen and oxygen atoms in total. The first-order valence-electron chi connectivity index (χ1n) is 10.3. The van der Waals surface area contributed by atoms with Crippen LogP contribution in [0.4, 0.5) is 0 Å². The summed E-state index contributed by atoms with van der Waals surface area (Å²) in [6.45, 7) is 2.83. The van der Waals surface area contributed by atoms with Crippen LogP contribution in [0.15, 0.2) is 53.7 Å². The SMILES string of the molecule is CN=C(NCc1cccnc1OCc1ccccc1)NCC1(CCOC)CCC1.I. The Bertz CT molecular complexity index is 782. The monoisotopic (exact) mass is 524 g/mol. The second-order valence-corrected chi connectivity index (χ2v) is 7.62. The van der Waals surface area contributed by atoms with Gasteiger partial charge in [-0.1, -0.05) is 42.8 Å². The van der Waals surface area contributed by atoms with E-state index in [1.165, 1.54) is 19.3 Å². The van der Waals surface area contributed by atoms with Crippen LogP contribution in [0.3, 0.4) is 0 Å². The molecule has 0 saturated heterocycles. The summed E-state index contributed by atoms with van der Waals surface area (Å²) >= 11 is 0. The highest BCUT2D eigenvalue weighted by Gasteiger charge is 2.36. The van der Waals surface area contributed by atoms with E-state index < -0.39 is 0 Å². The Hall–Kier alpha value is -1.87. The van der Waals surface area contributed by atoms with Gasteiger partial charge in [0.2, 0.25) is 5.88 Å². The number of nitrogens with zero attached hydrogens (tertiary/aromatic N) is 2. The largest absolute Gasteiger partial charge is 0.473 e. The lowest BCUT2D eigenvalue weighted by Gasteiger charge is -2.42. The van der Waals surface area contributed by atoms with Crippen molar-refractivity contribution in [3.8, 4) is 5.88 Å². The normalized spacial score (nSPS) is 14.9. The lowest BCUT2D eigenvalue weighted by molar-refractivity contribution is 0.0732. The zero-order valence-corrected chi connectivity index (χ0v) is 20.2. The second kappa shape index (κ2) is 12.7. The Morgan fingerprint density at radius 1 is 1.13 bits per heavy atom. The van der Waals surface area contributed by atoms with Crippen molar-refractivity contribution in [2.75, 3.05) is 27.3 Å². The minimum atomic E-state index is 0. The van der Waals surface area contributed by atoms with Crippen LogP contribution in [0, 0.1) is 5.41 Å². The zero-order chi connectivity index (χ0) is 20.4. The molecule has 0 atom stereocenters. The Labute approximate surface area is 196 Å². The van der Waals surface area contributed by atoms with Gasteiger partial charge in [-0.05, 0) is 36.3 Å². The van der Waals surface area contributed by atoms with E-state index in [1.54, 1.807) is 20.4 Å². The van der Waals surface area contributed by atoms with Crippen LogP contribution in [0.5, 0.6) is 5.88 Å². The third kappa shape index (κ3) is 7.12. The summed E-state index contributed by atoms with van der Waals surface area (Å²) in [4.78, 5) is 8.77. The molecule has 1 saturated carbocycles.